The van der Waals surface area contributed by atoms with Crippen LogP contribution >= 0.6 is 0 Å². The van der Waals surface area contributed by atoms with Gasteiger partial charge in [-0.1, -0.05) is 18.2 Å². The smallest absolute Gasteiger partial charge is 0.327 e. The normalized spacial score (nSPS) is 16.2. The molecule has 2 aliphatic rings. The number of carbonyl (C=O) groups excluding carboxylic acids is 1. The van der Waals surface area contributed by atoms with Crippen LogP contribution in [-0.2, 0) is 14.8 Å². The van der Waals surface area contributed by atoms with Crippen molar-refractivity contribution in [2.45, 2.75) is 4.90 Å². The number of para-hydroxylation sites is 1. The van der Waals surface area contributed by atoms with Crippen molar-refractivity contribution in [2.24, 2.45) is 0 Å². The SMILES string of the molecule is O=C(Nc1ccccc1)N1CCOc2cc(Nc3ccc(S(=O)(=O)N4CCOCC4)cc3)cnc21. The summed E-state index contributed by atoms with van der Waals surface area (Å²) in [5, 5.41) is 6.07. The zero-order chi connectivity index (χ0) is 24.3. The number of nitrogens with zero attached hydrogens (tertiary/aromatic N) is 3. The number of hydrogen-bond acceptors (Lipinski definition) is 7. The number of fused-ring (bicyclic) bond motifs is 1. The summed E-state index contributed by atoms with van der Waals surface area (Å²) in [6.07, 6.45) is 1.61. The Labute approximate surface area is 203 Å². The van der Waals surface area contributed by atoms with Crippen LogP contribution in [0.5, 0.6) is 5.75 Å². The second kappa shape index (κ2) is 9.90. The van der Waals surface area contributed by atoms with E-state index in [1.54, 1.807) is 41.4 Å². The van der Waals surface area contributed by atoms with Crippen molar-refractivity contribution in [3.05, 3.63) is 66.9 Å². The summed E-state index contributed by atoms with van der Waals surface area (Å²) in [6, 6.07) is 17.2. The van der Waals surface area contributed by atoms with Gasteiger partial charge in [0, 0.05) is 30.5 Å². The second-order valence-electron chi connectivity index (χ2n) is 8.01. The summed E-state index contributed by atoms with van der Waals surface area (Å²) < 4.78 is 38.0. The van der Waals surface area contributed by atoms with E-state index in [0.29, 0.717) is 68.1 Å². The highest BCUT2D eigenvalue weighted by Crippen LogP contribution is 2.33. The average molecular weight is 496 g/mol. The highest BCUT2D eigenvalue weighted by Gasteiger charge is 2.27. The molecule has 182 valence electrons. The van der Waals surface area contributed by atoms with Crippen LogP contribution in [0.2, 0.25) is 0 Å². The molecule has 10 nitrogen and oxygen atoms in total. The fraction of sp³-hybridized carbons (Fsp3) is 0.250. The maximum atomic E-state index is 12.8. The van der Waals surface area contributed by atoms with Crippen molar-refractivity contribution in [3.8, 4) is 5.75 Å². The van der Waals surface area contributed by atoms with Gasteiger partial charge < -0.3 is 20.1 Å². The fourth-order valence-corrected chi connectivity index (χ4v) is 5.30. The third-order valence-corrected chi connectivity index (χ3v) is 7.59. The average Bonchev–Trinajstić information content (AvgIpc) is 2.89. The molecule has 0 atom stereocenters. The third-order valence-electron chi connectivity index (χ3n) is 5.68. The Morgan fingerprint density at radius 3 is 2.37 bits per heavy atom. The van der Waals surface area contributed by atoms with E-state index in [1.165, 1.54) is 4.31 Å². The molecular weight excluding hydrogens is 470 g/mol. The Hall–Kier alpha value is -3.67. The molecule has 1 aromatic heterocycles. The maximum absolute atomic E-state index is 12.8. The summed E-state index contributed by atoms with van der Waals surface area (Å²) >= 11 is 0. The van der Waals surface area contributed by atoms with Gasteiger partial charge in [0.25, 0.3) is 0 Å². The number of aromatic nitrogens is 1. The van der Waals surface area contributed by atoms with Gasteiger partial charge in [0.15, 0.2) is 11.6 Å². The van der Waals surface area contributed by atoms with E-state index in [0.717, 1.165) is 0 Å². The standard InChI is InChI=1S/C24H25N5O5S/c30-24(27-18-4-2-1-3-5-18)29-12-15-34-22-16-20(17-25-23(22)29)26-19-6-8-21(9-7-19)35(31,32)28-10-13-33-14-11-28/h1-9,16-17,26H,10-15H2,(H,27,30). The first-order valence-corrected chi connectivity index (χ1v) is 12.7. The molecule has 2 N–H and O–H groups in total. The van der Waals surface area contributed by atoms with Gasteiger partial charge in [0.05, 0.1) is 36.5 Å². The van der Waals surface area contributed by atoms with E-state index >= 15 is 0 Å². The predicted molar refractivity (Wildman–Crippen MR) is 132 cm³/mol. The number of morpholine rings is 1. The maximum Gasteiger partial charge on any atom is 0.327 e. The van der Waals surface area contributed by atoms with Crippen molar-refractivity contribution in [2.75, 3.05) is 55.0 Å². The molecule has 0 unspecified atom stereocenters. The molecule has 0 aliphatic carbocycles. The molecular formula is C24H25N5O5S. The Kier molecular flexibility index (Phi) is 6.53. The van der Waals surface area contributed by atoms with Crippen LogP contribution in [0.25, 0.3) is 0 Å². The number of anilines is 4. The number of hydrogen-bond donors (Lipinski definition) is 2. The van der Waals surface area contributed by atoms with Crippen LogP contribution in [0.15, 0.2) is 71.8 Å². The van der Waals surface area contributed by atoms with E-state index in [-0.39, 0.29) is 10.9 Å². The van der Waals surface area contributed by atoms with E-state index in [9.17, 15) is 13.2 Å². The van der Waals surface area contributed by atoms with Gasteiger partial charge in [-0.2, -0.15) is 4.31 Å². The molecule has 2 aromatic carbocycles. The molecule has 3 aromatic rings. The molecule has 0 saturated carbocycles. The van der Waals surface area contributed by atoms with E-state index in [4.69, 9.17) is 9.47 Å². The Morgan fingerprint density at radius 2 is 1.63 bits per heavy atom. The molecule has 3 heterocycles. The third kappa shape index (κ3) is 5.06. The molecule has 11 heteroatoms. The van der Waals surface area contributed by atoms with E-state index in [2.05, 4.69) is 15.6 Å². The van der Waals surface area contributed by atoms with Gasteiger partial charge in [-0.15, -0.1) is 0 Å². The van der Waals surface area contributed by atoms with Crippen LogP contribution in [0.4, 0.5) is 27.7 Å². The van der Waals surface area contributed by atoms with Crippen LogP contribution in [-0.4, -0.2) is 63.2 Å². The number of urea groups is 1. The Balaban J connectivity index is 1.28. The lowest BCUT2D eigenvalue weighted by atomic mass is 10.2. The summed E-state index contributed by atoms with van der Waals surface area (Å²) in [7, 11) is -3.55. The van der Waals surface area contributed by atoms with Crippen LogP contribution in [0, 0.1) is 0 Å². The number of benzene rings is 2. The fourth-order valence-electron chi connectivity index (χ4n) is 3.89. The number of ether oxygens (including phenoxy) is 2. The minimum atomic E-state index is -3.55. The van der Waals surface area contributed by atoms with Gasteiger partial charge in [-0.3, -0.25) is 4.90 Å². The first-order chi connectivity index (χ1) is 17.0. The quantitative estimate of drug-likeness (QED) is 0.559. The number of carbonyl (C=O) groups is 1. The van der Waals surface area contributed by atoms with Crippen LogP contribution in [0.1, 0.15) is 0 Å². The Bertz CT molecular complexity index is 1300. The zero-order valence-electron chi connectivity index (χ0n) is 18.9. The molecule has 1 saturated heterocycles. The number of amides is 2. The molecule has 5 rings (SSSR count). The van der Waals surface area contributed by atoms with Crippen molar-refractivity contribution >= 4 is 38.9 Å². The molecule has 0 spiro atoms. The van der Waals surface area contributed by atoms with Gasteiger partial charge in [-0.05, 0) is 36.4 Å². The number of pyridine rings is 1. The number of rotatable bonds is 5. The first-order valence-electron chi connectivity index (χ1n) is 11.2. The summed E-state index contributed by atoms with van der Waals surface area (Å²) in [5.74, 6) is 0.915. The lowest BCUT2D eigenvalue weighted by Crippen LogP contribution is -2.41. The number of sulfonamides is 1. The van der Waals surface area contributed by atoms with Gasteiger partial charge in [0.1, 0.15) is 6.61 Å². The number of nitrogens with one attached hydrogen (secondary N) is 2. The molecule has 2 aliphatic heterocycles. The summed E-state index contributed by atoms with van der Waals surface area (Å²) in [5.41, 5.74) is 2.04. The minimum absolute atomic E-state index is 0.233. The molecule has 0 radical (unpaired) electrons. The molecule has 1 fully saturated rings. The lowest BCUT2D eigenvalue weighted by Gasteiger charge is -2.28. The largest absolute Gasteiger partial charge is 0.488 e. The minimum Gasteiger partial charge on any atom is -0.488 e. The van der Waals surface area contributed by atoms with Crippen LogP contribution < -0.4 is 20.3 Å². The van der Waals surface area contributed by atoms with Crippen LogP contribution in [0.3, 0.4) is 0 Å². The predicted octanol–water partition coefficient (Wildman–Crippen LogP) is 3.28. The van der Waals surface area contributed by atoms with Gasteiger partial charge in [-0.25, -0.2) is 18.2 Å². The molecule has 0 bridgehead atoms. The second-order valence-corrected chi connectivity index (χ2v) is 9.95. The van der Waals surface area contributed by atoms with Crippen molar-refractivity contribution in [1.82, 2.24) is 9.29 Å². The van der Waals surface area contributed by atoms with Crippen molar-refractivity contribution < 1.29 is 22.7 Å². The summed E-state index contributed by atoms with van der Waals surface area (Å²) in [6.45, 7) is 2.22. The molecule has 2 amide bonds. The van der Waals surface area contributed by atoms with E-state index in [1.807, 2.05) is 30.3 Å². The topological polar surface area (TPSA) is 113 Å². The monoisotopic (exact) mass is 495 g/mol. The first kappa shape index (κ1) is 23.1. The van der Waals surface area contributed by atoms with Crippen molar-refractivity contribution in [1.29, 1.82) is 0 Å². The van der Waals surface area contributed by atoms with Gasteiger partial charge in [0.2, 0.25) is 10.0 Å². The Morgan fingerprint density at radius 1 is 0.886 bits per heavy atom. The van der Waals surface area contributed by atoms with Crippen molar-refractivity contribution in [3.63, 3.8) is 0 Å². The summed E-state index contributed by atoms with van der Waals surface area (Å²) in [4.78, 5) is 19.0. The van der Waals surface area contributed by atoms with Gasteiger partial charge >= 0.3 is 6.03 Å². The lowest BCUT2D eigenvalue weighted by molar-refractivity contribution is 0.0730. The zero-order valence-corrected chi connectivity index (χ0v) is 19.7. The highest BCUT2D eigenvalue weighted by atomic mass is 32.2. The molecule has 35 heavy (non-hydrogen) atoms. The van der Waals surface area contributed by atoms with E-state index < -0.39 is 10.0 Å². The highest BCUT2D eigenvalue weighted by molar-refractivity contribution is 7.89.